The van der Waals surface area contributed by atoms with Crippen LogP contribution in [0.1, 0.15) is 0 Å². The molecule has 1 rings (SSSR count). The fraction of sp³-hybridized carbons (Fsp3) is 0.500. The third-order valence-electron chi connectivity index (χ3n) is 1.43. The molecular formula is C4H6N4O4. The van der Waals surface area contributed by atoms with Gasteiger partial charge in [0.2, 0.25) is 5.71 Å². The summed E-state index contributed by atoms with van der Waals surface area (Å²) in [4.78, 5) is 19.8. The number of primary amides is 1. The van der Waals surface area contributed by atoms with E-state index in [1.807, 2.05) is 0 Å². The summed E-state index contributed by atoms with van der Waals surface area (Å²) in [5.74, 6) is -1.11. The lowest BCUT2D eigenvalue weighted by Crippen LogP contribution is -2.52. The van der Waals surface area contributed by atoms with E-state index in [-0.39, 0.29) is 0 Å². The fourth-order valence-electron chi connectivity index (χ4n) is 0.805. The summed E-state index contributed by atoms with van der Waals surface area (Å²) in [5, 5.41) is 22.7. The van der Waals surface area contributed by atoms with Crippen molar-refractivity contribution in [2.24, 2.45) is 10.8 Å². The van der Waals surface area contributed by atoms with Gasteiger partial charge in [-0.1, -0.05) is 0 Å². The molecule has 0 aromatic heterocycles. The van der Waals surface area contributed by atoms with E-state index in [0.29, 0.717) is 0 Å². The molecule has 1 amide bonds. The maximum atomic E-state index is 10.5. The highest BCUT2D eigenvalue weighted by molar-refractivity contribution is 6.41. The number of nitrogens with one attached hydrogen (secondary N) is 1. The molecule has 66 valence electrons. The molecule has 0 aliphatic carbocycles. The van der Waals surface area contributed by atoms with Crippen molar-refractivity contribution in [3.8, 4) is 0 Å². The number of carbonyl (C=O) groups is 1. The Hall–Kier alpha value is -1.70. The number of nitro groups is 1. The van der Waals surface area contributed by atoms with Gasteiger partial charge < -0.3 is 10.8 Å². The monoisotopic (exact) mass is 174 g/mol. The summed E-state index contributed by atoms with van der Waals surface area (Å²) in [6.45, 7) is -0.446. The van der Waals surface area contributed by atoms with E-state index in [1.54, 1.807) is 0 Å². The molecule has 4 N–H and O–H groups in total. The average Bonchev–Trinajstić information content (AvgIpc) is 2.32. The molecule has 0 aromatic rings. The minimum Gasteiger partial charge on any atom is -0.364 e. The zero-order valence-corrected chi connectivity index (χ0v) is 5.85. The Kier molecular flexibility index (Phi) is 1.69. The highest BCUT2D eigenvalue weighted by Crippen LogP contribution is 2.11. The summed E-state index contributed by atoms with van der Waals surface area (Å²) < 4.78 is 0. The number of nitrogens with zero attached hydrogens (tertiary/aromatic N) is 2. The Morgan fingerprint density at radius 3 is 2.83 bits per heavy atom. The highest BCUT2D eigenvalue weighted by Gasteiger charge is 2.52. The summed E-state index contributed by atoms with van der Waals surface area (Å²) >= 11 is 0. The van der Waals surface area contributed by atoms with Crippen LogP contribution in [0.25, 0.3) is 0 Å². The second-order valence-corrected chi connectivity index (χ2v) is 2.23. The normalized spacial score (nSPS) is 27.6. The zero-order valence-electron chi connectivity index (χ0n) is 5.85. The number of amides is 1. The van der Waals surface area contributed by atoms with E-state index in [4.69, 9.17) is 5.73 Å². The number of hydrogen-bond acceptors (Lipinski definition) is 6. The van der Waals surface area contributed by atoms with Crippen LogP contribution in [0.2, 0.25) is 0 Å². The number of aliphatic hydroxyl groups is 1. The molecule has 8 heteroatoms. The van der Waals surface area contributed by atoms with Gasteiger partial charge in [-0.3, -0.25) is 20.3 Å². The Morgan fingerprint density at radius 2 is 2.50 bits per heavy atom. The summed E-state index contributed by atoms with van der Waals surface area (Å²) in [5.41, 5.74) is 3.70. The van der Waals surface area contributed by atoms with E-state index < -0.39 is 28.8 Å². The van der Waals surface area contributed by atoms with Crippen LogP contribution in [0.3, 0.4) is 0 Å². The van der Waals surface area contributed by atoms with Gasteiger partial charge in [-0.15, -0.1) is 0 Å². The van der Waals surface area contributed by atoms with Gasteiger partial charge in [0.25, 0.3) is 5.91 Å². The van der Waals surface area contributed by atoms with Crippen molar-refractivity contribution in [3.05, 3.63) is 10.1 Å². The van der Waals surface area contributed by atoms with Crippen LogP contribution in [-0.4, -0.2) is 33.9 Å². The smallest absolute Gasteiger partial charge is 0.364 e. The molecule has 1 unspecified atom stereocenters. The Balaban J connectivity index is 3.02. The van der Waals surface area contributed by atoms with Crippen molar-refractivity contribution < 1.29 is 14.8 Å². The molecule has 1 aliphatic heterocycles. The number of carbonyl (C=O) groups excluding carboxylic acids is 1. The largest absolute Gasteiger partial charge is 0.391 e. The van der Waals surface area contributed by atoms with Crippen LogP contribution >= 0.6 is 0 Å². The van der Waals surface area contributed by atoms with Crippen molar-refractivity contribution in [2.45, 2.75) is 5.72 Å². The molecule has 1 aliphatic rings. The van der Waals surface area contributed by atoms with Crippen LogP contribution in [0.4, 0.5) is 0 Å². The highest BCUT2D eigenvalue weighted by atomic mass is 16.7. The Bertz CT molecular complexity index is 274. The SMILES string of the molecule is NC(=O)C1=NNCC1(O)[N+](=O)[O-]. The molecular weight excluding hydrogens is 168 g/mol. The first-order chi connectivity index (χ1) is 5.48. The molecule has 0 spiro atoms. The van der Waals surface area contributed by atoms with Crippen molar-refractivity contribution in [1.29, 1.82) is 0 Å². The van der Waals surface area contributed by atoms with Crippen LogP contribution in [0.15, 0.2) is 5.10 Å². The van der Waals surface area contributed by atoms with Crippen molar-refractivity contribution >= 4 is 11.6 Å². The maximum absolute atomic E-state index is 10.5. The quantitative estimate of drug-likeness (QED) is 0.240. The molecule has 0 radical (unpaired) electrons. The number of hydrogen-bond donors (Lipinski definition) is 3. The molecule has 1 heterocycles. The topological polar surface area (TPSA) is 131 Å². The third-order valence-corrected chi connectivity index (χ3v) is 1.43. The number of hydrazone groups is 1. The van der Waals surface area contributed by atoms with E-state index in [1.165, 1.54) is 0 Å². The first-order valence-electron chi connectivity index (χ1n) is 2.96. The third kappa shape index (κ3) is 0.975. The molecule has 0 bridgehead atoms. The van der Waals surface area contributed by atoms with Crippen molar-refractivity contribution in [1.82, 2.24) is 5.43 Å². The van der Waals surface area contributed by atoms with Gasteiger partial charge in [0.05, 0.1) is 4.92 Å². The van der Waals surface area contributed by atoms with Gasteiger partial charge in [-0.2, -0.15) is 5.10 Å². The molecule has 0 saturated heterocycles. The second-order valence-electron chi connectivity index (χ2n) is 2.23. The maximum Gasteiger partial charge on any atom is 0.391 e. The predicted octanol–water partition coefficient (Wildman–Crippen LogP) is -2.60. The number of nitrogens with two attached hydrogens (primary N) is 1. The molecule has 0 fully saturated rings. The minimum atomic E-state index is -2.48. The van der Waals surface area contributed by atoms with Crippen LogP contribution < -0.4 is 11.2 Å². The zero-order chi connectivity index (χ0) is 9.35. The van der Waals surface area contributed by atoms with Gasteiger partial charge in [0, 0.05) is 0 Å². The van der Waals surface area contributed by atoms with Gasteiger partial charge in [-0.05, 0) is 0 Å². The van der Waals surface area contributed by atoms with Gasteiger partial charge in [0.15, 0.2) is 0 Å². The lowest BCUT2D eigenvalue weighted by Gasteiger charge is -2.10. The van der Waals surface area contributed by atoms with Gasteiger partial charge >= 0.3 is 5.72 Å². The standard InChI is InChI=1S/C4H6N4O4/c5-3(9)2-4(10,8(11)12)1-6-7-2/h6,10H,1H2,(H2,5,9). The predicted molar refractivity (Wildman–Crippen MR) is 36.6 cm³/mol. The van der Waals surface area contributed by atoms with E-state index in [2.05, 4.69) is 10.5 Å². The minimum absolute atomic E-state index is 0.446. The average molecular weight is 174 g/mol. The Labute approximate surface area is 66.2 Å². The van der Waals surface area contributed by atoms with Crippen LogP contribution in [-0.2, 0) is 4.79 Å². The second kappa shape index (κ2) is 2.41. The molecule has 0 saturated carbocycles. The first kappa shape index (κ1) is 8.40. The lowest BCUT2D eigenvalue weighted by molar-refractivity contribution is -0.594. The summed E-state index contributed by atoms with van der Waals surface area (Å²) in [6.07, 6.45) is 0. The van der Waals surface area contributed by atoms with E-state index in [9.17, 15) is 20.0 Å². The molecule has 0 aromatic carbocycles. The Morgan fingerprint density at radius 1 is 1.92 bits per heavy atom. The van der Waals surface area contributed by atoms with Gasteiger partial charge in [0.1, 0.15) is 6.54 Å². The van der Waals surface area contributed by atoms with Crippen LogP contribution in [0.5, 0.6) is 0 Å². The van der Waals surface area contributed by atoms with E-state index >= 15 is 0 Å². The van der Waals surface area contributed by atoms with Crippen molar-refractivity contribution in [3.63, 3.8) is 0 Å². The molecule has 12 heavy (non-hydrogen) atoms. The van der Waals surface area contributed by atoms with Gasteiger partial charge in [-0.25, -0.2) is 0 Å². The first-order valence-corrected chi connectivity index (χ1v) is 2.96. The van der Waals surface area contributed by atoms with E-state index in [0.717, 1.165) is 0 Å². The summed E-state index contributed by atoms with van der Waals surface area (Å²) in [7, 11) is 0. The number of β-amino-alcohol motifs (C(OH)–C–C–N with tert-alkyl or cyclic N) is 1. The van der Waals surface area contributed by atoms with Crippen molar-refractivity contribution in [2.75, 3.05) is 6.54 Å². The molecule has 8 nitrogen and oxygen atoms in total. The summed E-state index contributed by atoms with van der Waals surface area (Å²) in [6, 6.07) is 0. The fourth-order valence-corrected chi connectivity index (χ4v) is 0.805. The number of rotatable bonds is 2. The lowest BCUT2D eigenvalue weighted by atomic mass is 10.1. The molecule has 1 atom stereocenters. The van der Waals surface area contributed by atoms with Crippen LogP contribution in [0, 0.1) is 10.1 Å².